The number of anilines is 1. The molecule has 5 rings (SSSR count). The lowest BCUT2D eigenvalue weighted by molar-refractivity contribution is 0.0671. The summed E-state index contributed by atoms with van der Waals surface area (Å²) in [7, 11) is 3.28. The van der Waals surface area contributed by atoms with Gasteiger partial charge >= 0.3 is 6.03 Å². The van der Waals surface area contributed by atoms with Gasteiger partial charge in [-0.15, -0.1) is 0 Å². The van der Waals surface area contributed by atoms with Gasteiger partial charge in [-0.05, 0) is 79.2 Å². The largest absolute Gasteiger partial charge is 0.497 e. The van der Waals surface area contributed by atoms with E-state index in [0.717, 1.165) is 44.3 Å². The first-order valence-corrected chi connectivity index (χ1v) is 13.8. The molecule has 0 aliphatic carbocycles. The molecule has 9 heteroatoms. The fraction of sp³-hybridized carbons (Fsp3) is 0.226. The van der Waals surface area contributed by atoms with Gasteiger partial charge in [0.25, 0.3) is 5.91 Å². The lowest BCUT2D eigenvalue weighted by Crippen LogP contribution is -2.51. The van der Waals surface area contributed by atoms with Crippen molar-refractivity contribution in [3.05, 3.63) is 94.6 Å². The van der Waals surface area contributed by atoms with Crippen molar-refractivity contribution in [1.29, 1.82) is 0 Å². The first kappa shape index (κ1) is 27.3. The fourth-order valence-corrected chi connectivity index (χ4v) is 5.16. The van der Waals surface area contributed by atoms with Crippen LogP contribution in [0.4, 0.5) is 10.5 Å². The van der Waals surface area contributed by atoms with Crippen LogP contribution in [0.5, 0.6) is 11.5 Å². The summed E-state index contributed by atoms with van der Waals surface area (Å²) in [5.41, 5.74) is 4.94. The number of nitrogens with zero attached hydrogens (tertiary/aromatic N) is 3. The second kappa shape index (κ2) is 11.9. The molecule has 0 saturated carbocycles. The molecule has 1 saturated heterocycles. The molecule has 4 aromatic rings. The van der Waals surface area contributed by atoms with E-state index in [9.17, 15) is 9.59 Å². The maximum atomic E-state index is 13.8. The van der Waals surface area contributed by atoms with E-state index in [0.29, 0.717) is 31.7 Å². The Kier molecular flexibility index (Phi) is 8.11. The Bertz CT molecular complexity index is 1510. The third-order valence-electron chi connectivity index (χ3n) is 7.12. The highest BCUT2D eigenvalue weighted by molar-refractivity contribution is 9.10. The highest BCUT2D eigenvalue weighted by Gasteiger charge is 2.28. The number of nitrogens with one attached hydrogen (secondary N) is 1. The Labute approximate surface area is 242 Å². The number of halogens is 1. The van der Waals surface area contributed by atoms with E-state index < -0.39 is 0 Å². The van der Waals surface area contributed by atoms with E-state index in [-0.39, 0.29) is 11.9 Å². The van der Waals surface area contributed by atoms with Gasteiger partial charge in [0.2, 0.25) is 0 Å². The van der Waals surface area contributed by atoms with E-state index in [1.54, 1.807) is 19.1 Å². The molecule has 0 spiro atoms. The summed E-state index contributed by atoms with van der Waals surface area (Å²) in [6, 6.07) is 24.8. The maximum absolute atomic E-state index is 13.8. The van der Waals surface area contributed by atoms with Gasteiger partial charge in [-0.3, -0.25) is 4.79 Å². The highest BCUT2D eigenvalue weighted by Crippen LogP contribution is 2.32. The number of carbonyl (C=O) groups is 2. The molecule has 8 nitrogen and oxygen atoms in total. The smallest absolute Gasteiger partial charge is 0.321 e. The van der Waals surface area contributed by atoms with Crippen LogP contribution in [0.2, 0.25) is 0 Å². The standard InChI is InChI=1S/C31H31BrN4O4/c1-21-28(30(37)34-15-17-35(18-16-34)31(38)33-24-11-9-23(32)10-12-24)20-29(22-7-13-26(39-2)14-8-22)36(21)25-5-4-6-27(19-25)40-3/h4-14,19-20H,15-18H2,1-3H3,(H,33,38). The average molecular weight is 604 g/mol. The second-order valence-electron chi connectivity index (χ2n) is 9.51. The molecular weight excluding hydrogens is 572 g/mol. The zero-order chi connectivity index (χ0) is 28.2. The Morgan fingerprint density at radius 1 is 0.800 bits per heavy atom. The third-order valence-corrected chi connectivity index (χ3v) is 7.65. The summed E-state index contributed by atoms with van der Waals surface area (Å²) in [6.07, 6.45) is 0. The molecule has 0 radical (unpaired) electrons. The number of methoxy groups -OCH3 is 2. The van der Waals surface area contributed by atoms with Crippen molar-refractivity contribution >= 4 is 33.6 Å². The normalized spacial score (nSPS) is 13.2. The molecule has 40 heavy (non-hydrogen) atoms. The first-order valence-electron chi connectivity index (χ1n) is 13.0. The fourth-order valence-electron chi connectivity index (χ4n) is 4.90. The predicted octanol–water partition coefficient (Wildman–Crippen LogP) is 6.22. The lowest BCUT2D eigenvalue weighted by atomic mass is 10.1. The van der Waals surface area contributed by atoms with Crippen molar-refractivity contribution in [3.8, 4) is 28.4 Å². The predicted molar refractivity (Wildman–Crippen MR) is 160 cm³/mol. The van der Waals surface area contributed by atoms with E-state index >= 15 is 0 Å². The quantitative estimate of drug-likeness (QED) is 0.284. The Morgan fingerprint density at radius 3 is 2.10 bits per heavy atom. The minimum absolute atomic E-state index is 0.0538. The number of benzene rings is 3. The van der Waals surface area contributed by atoms with Crippen LogP contribution in [0, 0.1) is 6.92 Å². The zero-order valence-electron chi connectivity index (χ0n) is 22.7. The summed E-state index contributed by atoms with van der Waals surface area (Å²) in [5, 5.41) is 2.93. The van der Waals surface area contributed by atoms with Crippen molar-refractivity contribution in [2.24, 2.45) is 0 Å². The van der Waals surface area contributed by atoms with Gasteiger partial charge in [0, 0.05) is 53.8 Å². The lowest BCUT2D eigenvalue weighted by Gasteiger charge is -2.34. The van der Waals surface area contributed by atoms with Crippen LogP contribution in [0.25, 0.3) is 16.9 Å². The van der Waals surface area contributed by atoms with Gasteiger partial charge in [0.05, 0.1) is 25.5 Å². The van der Waals surface area contributed by atoms with E-state index in [2.05, 4.69) is 25.8 Å². The monoisotopic (exact) mass is 602 g/mol. The van der Waals surface area contributed by atoms with Gasteiger partial charge in [-0.2, -0.15) is 0 Å². The minimum Gasteiger partial charge on any atom is -0.497 e. The third kappa shape index (κ3) is 5.70. The molecule has 3 amide bonds. The number of ether oxygens (including phenoxy) is 2. The summed E-state index contributed by atoms with van der Waals surface area (Å²) < 4.78 is 13.8. The van der Waals surface area contributed by atoms with Gasteiger partial charge < -0.3 is 29.2 Å². The Morgan fingerprint density at radius 2 is 1.45 bits per heavy atom. The number of rotatable bonds is 6. The van der Waals surface area contributed by atoms with Crippen molar-refractivity contribution in [2.45, 2.75) is 6.92 Å². The molecule has 0 bridgehead atoms. The molecule has 0 unspecified atom stereocenters. The van der Waals surface area contributed by atoms with Crippen molar-refractivity contribution in [1.82, 2.24) is 14.4 Å². The molecule has 1 aromatic heterocycles. The molecule has 206 valence electrons. The van der Waals surface area contributed by atoms with Crippen LogP contribution >= 0.6 is 15.9 Å². The zero-order valence-corrected chi connectivity index (χ0v) is 24.3. The Balaban J connectivity index is 1.38. The SMILES string of the molecule is COc1ccc(-c2cc(C(=O)N3CCN(C(=O)Nc4ccc(Br)cc4)CC3)c(C)n2-c2cccc(OC)c2)cc1. The van der Waals surface area contributed by atoms with Crippen LogP contribution in [-0.2, 0) is 0 Å². The number of piperazine rings is 1. The van der Waals surface area contributed by atoms with Crippen molar-refractivity contribution in [3.63, 3.8) is 0 Å². The van der Waals surface area contributed by atoms with Crippen molar-refractivity contribution in [2.75, 3.05) is 45.7 Å². The summed E-state index contributed by atoms with van der Waals surface area (Å²) in [4.78, 5) is 30.2. The van der Waals surface area contributed by atoms with Gasteiger partial charge in [-0.1, -0.05) is 22.0 Å². The molecule has 3 aromatic carbocycles. The summed E-state index contributed by atoms with van der Waals surface area (Å²) in [6.45, 7) is 3.77. The van der Waals surface area contributed by atoms with E-state index in [4.69, 9.17) is 9.47 Å². The van der Waals surface area contributed by atoms with Crippen LogP contribution in [0.15, 0.2) is 83.3 Å². The van der Waals surface area contributed by atoms with Gasteiger partial charge in [0.1, 0.15) is 11.5 Å². The first-order chi connectivity index (χ1) is 19.4. The second-order valence-corrected chi connectivity index (χ2v) is 10.4. The Hall–Kier alpha value is -4.24. The number of hydrogen-bond donors (Lipinski definition) is 1. The molecule has 1 aliphatic heterocycles. The topological polar surface area (TPSA) is 76.0 Å². The number of amides is 3. The van der Waals surface area contributed by atoms with Gasteiger partial charge in [0.15, 0.2) is 0 Å². The summed E-state index contributed by atoms with van der Waals surface area (Å²) >= 11 is 3.40. The number of urea groups is 1. The molecule has 1 fully saturated rings. The molecule has 1 N–H and O–H groups in total. The molecular formula is C31H31BrN4O4. The highest BCUT2D eigenvalue weighted by atomic mass is 79.9. The van der Waals surface area contributed by atoms with E-state index in [1.807, 2.05) is 90.7 Å². The van der Waals surface area contributed by atoms with Crippen molar-refractivity contribution < 1.29 is 19.1 Å². The maximum Gasteiger partial charge on any atom is 0.321 e. The average Bonchev–Trinajstić information content (AvgIpc) is 3.34. The molecule has 1 aliphatic rings. The van der Waals surface area contributed by atoms with E-state index in [1.165, 1.54) is 0 Å². The summed E-state index contributed by atoms with van der Waals surface area (Å²) in [5.74, 6) is 1.44. The minimum atomic E-state index is -0.170. The molecule has 0 atom stereocenters. The molecule has 2 heterocycles. The number of aromatic nitrogens is 1. The number of carbonyl (C=O) groups excluding carboxylic acids is 2. The van der Waals surface area contributed by atoms with Crippen LogP contribution in [-0.4, -0.2) is 66.7 Å². The van der Waals surface area contributed by atoms with Crippen LogP contribution in [0.3, 0.4) is 0 Å². The van der Waals surface area contributed by atoms with Crippen LogP contribution < -0.4 is 14.8 Å². The number of hydrogen-bond acceptors (Lipinski definition) is 4. The van der Waals surface area contributed by atoms with Crippen LogP contribution in [0.1, 0.15) is 16.1 Å². The van der Waals surface area contributed by atoms with Gasteiger partial charge in [-0.25, -0.2) is 4.79 Å².